The van der Waals surface area contributed by atoms with Crippen LogP contribution in [0.2, 0.25) is 0 Å². The Morgan fingerprint density at radius 2 is 2.00 bits per heavy atom. The summed E-state index contributed by atoms with van der Waals surface area (Å²) in [5.41, 5.74) is 2.84. The van der Waals surface area contributed by atoms with E-state index in [0.717, 1.165) is 58.4 Å². The van der Waals surface area contributed by atoms with Crippen LogP contribution >= 0.6 is 0 Å². The highest BCUT2D eigenvalue weighted by atomic mass is 16.1. The summed E-state index contributed by atoms with van der Waals surface area (Å²) in [5.74, 6) is 0.818. The van der Waals surface area contributed by atoms with E-state index in [1.807, 2.05) is 0 Å². The maximum atomic E-state index is 12.0. The van der Waals surface area contributed by atoms with Crippen LogP contribution in [0.15, 0.2) is 24.3 Å². The van der Waals surface area contributed by atoms with Crippen molar-refractivity contribution in [3.05, 3.63) is 29.8 Å². The molecule has 2 aliphatic heterocycles. The fourth-order valence-electron chi connectivity index (χ4n) is 3.74. The Kier molecular flexibility index (Phi) is 5.55. The SMILES string of the molecule is CN1CCC(CC(=O)NCCCN2CCc3ccccc32)CC1. The molecule has 0 unspecified atom stereocenters. The number of nitrogens with one attached hydrogen (secondary N) is 1. The molecule has 1 amide bonds. The van der Waals surface area contributed by atoms with Crippen LogP contribution in [-0.4, -0.2) is 50.6 Å². The molecule has 0 bridgehead atoms. The van der Waals surface area contributed by atoms with Crippen molar-refractivity contribution in [2.45, 2.75) is 32.1 Å². The lowest BCUT2D eigenvalue weighted by Crippen LogP contribution is -2.34. The first-order valence-electron chi connectivity index (χ1n) is 9.00. The zero-order valence-corrected chi connectivity index (χ0v) is 14.3. The maximum Gasteiger partial charge on any atom is 0.220 e. The minimum atomic E-state index is 0.237. The lowest BCUT2D eigenvalue weighted by Gasteiger charge is -2.28. The molecule has 4 nitrogen and oxygen atoms in total. The first-order chi connectivity index (χ1) is 11.2. The predicted molar refractivity (Wildman–Crippen MR) is 94.8 cm³/mol. The summed E-state index contributed by atoms with van der Waals surface area (Å²) in [6.07, 6.45) is 5.20. The number of carbonyl (C=O) groups excluding carboxylic acids is 1. The van der Waals surface area contributed by atoms with Gasteiger partial charge in [0.15, 0.2) is 0 Å². The van der Waals surface area contributed by atoms with E-state index in [1.54, 1.807) is 0 Å². The summed E-state index contributed by atoms with van der Waals surface area (Å²) >= 11 is 0. The Morgan fingerprint density at radius 3 is 2.83 bits per heavy atom. The van der Waals surface area contributed by atoms with E-state index >= 15 is 0 Å². The van der Waals surface area contributed by atoms with Crippen molar-refractivity contribution in [1.29, 1.82) is 0 Å². The number of benzene rings is 1. The predicted octanol–water partition coefficient (Wildman–Crippen LogP) is 2.29. The smallest absolute Gasteiger partial charge is 0.220 e. The number of piperidine rings is 1. The average molecular weight is 315 g/mol. The number of hydrogen-bond donors (Lipinski definition) is 1. The van der Waals surface area contributed by atoms with Gasteiger partial charge in [0.2, 0.25) is 5.91 Å². The van der Waals surface area contributed by atoms with Gasteiger partial charge in [0.25, 0.3) is 0 Å². The molecule has 1 aromatic carbocycles. The average Bonchev–Trinajstić information content (AvgIpc) is 2.97. The van der Waals surface area contributed by atoms with E-state index in [2.05, 4.69) is 46.4 Å². The first kappa shape index (κ1) is 16.3. The summed E-state index contributed by atoms with van der Waals surface area (Å²) in [7, 11) is 2.16. The van der Waals surface area contributed by atoms with Crippen molar-refractivity contribution in [2.24, 2.45) is 5.92 Å². The molecule has 0 atom stereocenters. The van der Waals surface area contributed by atoms with Crippen molar-refractivity contribution >= 4 is 11.6 Å². The van der Waals surface area contributed by atoms with Gasteiger partial charge in [-0.3, -0.25) is 4.79 Å². The molecule has 1 saturated heterocycles. The monoisotopic (exact) mass is 315 g/mol. The van der Waals surface area contributed by atoms with Crippen LogP contribution in [0.1, 0.15) is 31.2 Å². The van der Waals surface area contributed by atoms with E-state index in [-0.39, 0.29) is 5.91 Å². The number of amides is 1. The van der Waals surface area contributed by atoms with Crippen molar-refractivity contribution < 1.29 is 4.79 Å². The van der Waals surface area contributed by atoms with Crippen molar-refractivity contribution in [3.8, 4) is 0 Å². The molecule has 4 heteroatoms. The van der Waals surface area contributed by atoms with Crippen molar-refractivity contribution in [3.63, 3.8) is 0 Å². The summed E-state index contributed by atoms with van der Waals surface area (Å²) in [4.78, 5) is 16.8. The normalized spacial score (nSPS) is 18.9. The van der Waals surface area contributed by atoms with Gasteiger partial charge in [-0.05, 0) is 63.4 Å². The van der Waals surface area contributed by atoms with Crippen LogP contribution in [0.5, 0.6) is 0 Å². The Hall–Kier alpha value is -1.55. The van der Waals surface area contributed by atoms with E-state index in [0.29, 0.717) is 12.3 Å². The van der Waals surface area contributed by atoms with Crippen LogP contribution in [0.4, 0.5) is 5.69 Å². The number of anilines is 1. The third-order valence-corrected chi connectivity index (χ3v) is 5.22. The van der Waals surface area contributed by atoms with E-state index in [4.69, 9.17) is 0 Å². The summed E-state index contributed by atoms with van der Waals surface area (Å²) in [6.45, 7) is 5.21. The maximum absolute atomic E-state index is 12.0. The standard InChI is InChI=1S/C19H29N3O/c1-21-12-7-16(8-13-21)15-19(23)20-10-4-11-22-14-9-17-5-2-3-6-18(17)22/h2-3,5-6,16H,4,7-15H2,1H3,(H,20,23). The third kappa shape index (κ3) is 4.47. The third-order valence-electron chi connectivity index (χ3n) is 5.22. The molecule has 126 valence electrons. The van der Waals surface area contributed by atoms with Gasteiger partial charge >= 0.3 is 0 Å². The number of carbonyl (C=O) groups is 1. The van der Waals surface area contributed by atoms with Gasteiger partial charge in [0.1, 0.15) is 0 Å². The van der Waals surface area contributed by atoms with Gasteiger partial charge in [0.05, 0.1) is 0 Å². The second kappa shape index (κ2) is 7.82. The number of fused-ring (bicyclic) bond motifs is 1. The molecule has 2 aliphatic rings. The molecule has 0 aliphatic carbocycles. The fraction of sp³-hybridized carbons (Fsp3) is 0.632. The van der Waals surface area contributed by atoms with Gasteiger partial charge in [-0.15, -0.1) is 0 Å². The Balaban J connectivity index is 1.32. The summed E-state index contributed by atoms with van der Waals surface area (Å²) in [5, 5.41) is 3.11. The number of nitrogens with zero attached hydrogens (tertiary/aromatic N) is 2. The first-order valence-corrected chi connectivity index (χ1v) is 9.00. The highest BCUT2D eigenvalue weighted by Crippen LogP contribution is 2.27. The molecular formula is C19H29N3O. The number of hydrogen-bond acceptors (Lipinski definition) is 3. The highest BCUT2D eigenvalue weighted by molar-refractivity contribution is 5.76. The van der Waals surface area contributed by atoms with Crippen molar-refractivity contribution in [2.75, 3.05) is 44.7 Å². The molecule has 1 aromatic rings. The Labute approximate surface area is 139 Å². The number of rotatable bonds is 6. The highest BCUT2D eigenvalue weighted by Gasteiger charge is 2.20. The van der Waals surface area contributed by atoms with Crippen LogP contribution in [0.25, 0.3) is 0 Å². The van der Waals surface area contributed by atoms with Gasteiger partial charge in [-0.1, -0.05) is 18.2 Å². The summed E-state index contributed by atoms with van der Waals surface area (Å²) in [6, 6.07) is 8.66. The molecule has 3 rings (SSSR count). The molecule has 0 aromatic heterocycles. The van der Waals surface area contributed by atoms with Gasteiger partial charge < -0.3 is 15.1 Å². The van der Waals surface area contributed by atoms with E-state index in [1.165, 1.54) is 11.3 Å². The molecule has 2 heterocycles. The molecule has 1 fully saturated rings. The Bertz CT molecular complexity index is 523. The van der Waals surface area contributed by atoms with Crippen molar-refractivity contribution in [1.82, 2.24) is 10.2 Å². The zero-order chi connectivity index (χ0) is 16.1. The van der Waals surface area contributed by atoms with E-state index < -0.39 is 0 Å². The zero-order valence-electron chi connectivity index (χ0n) is 14.3. The molecule has 0 spiro atoms. The van der Waals surface area contributed by atoms with Crippen LogP contribution in [0, 0.1) is 5.92 Å². The van der Waals surface area contributed by atoms with Gasteiger partial charge in [-0.25, -0.2) is 0 Å². The quantitative estimate of drug-likeness (QED) is 0.818. The largest absolute Gasteiger partial charge is 0.371 e. The second-order valence-electron chi connectivity index (χ2n) is 7.02. The van der Waals surface area contributed by atoms with Crippen LogP contribution in [-0.2, 0) is 11.2 Å². The molecular weight excluding hydrogens is 286 g/mol. The number of para-hydroxylation sites is 1. The minimum absolute atomic E-state index is 0.237. The van der Waals surface area contributed by atoms with Gasteiger partial charge in [0, 0.05) is 31.7 Å². The molecule has 1 N–H and O–H groups in total. The van der Waals surface area contributed by atoms with Crippen LogP contribution in [0.3, 0.4) is 0 Å². The Morgan fingerprint density at radius 1 is 1.22 bits per heavy atom. The summed E-state index contributed by atoms with van der Waals surface area (Å²) < 4.78 is 0. The molecule has 23 heavy (non-hydrogen) atoms. The topological polar surface area (TPSA) is 35.6 Å². The second-order valence-corrected chi connectivity index (χ2v) is 7.02. The lowest BCUT2D eigenvalue weighted by molar-refractivity contribution is -0.122. The van der Waals surface area contributed by atoms with Crippen LogP contribution < -0.4 is 10.2 Å². The number of likely N-dealkylation sites (tertiary alicyclic amines) is 1. The molecule has 0 saturated carbocycles. The lowest BCUT2D eigenvalue weighted by atomic mass is 9.93. The minimum Gasteiger partial charge on any atom is -0.371 e. The van der Waals surface area contributed by atoms with E-state index in [9.17, 15) is 4.79 Å². The van der Waals surface area contributed by atoms with Gasteiger partial charge in [-0.2, -0.15) is 0 Å². The molecule has 0 radical (unpaired) electrons. The fourth-order valence-corrected chi connectivity index (χ4v) is 3.74.